The van der Waals surface area contributed by atoms with E-state index < -0.39 is 0 Å². The Hall–Kier alpha value is -0.270. The molecule has 0 atom stereocenters. The van der Waals surface area contributed by atoms with E-state index in [2.05, 4.69) is 15.9 Å². The monoisotopic (exact) mass is 216 g/mol. The molecule has 0 spiro atoms. The van der Waals surface area contributed by atoms with Crippen molar-refractivity contribution in [1.29, 1.82) is 0 Å². The average Bonchev–Trinajstić information content (AvgIpc) is 1.84. The van der Waals surface area contributed by atoms with Gasteiger partial charge in [-0.05, 0) is 24.3 Å². The third-order valence-corrected chi connectivity index (χ3v) is 1.80. The van der Waals surface area contributed by atoms with Crippen molar-refractivity contribution in [1.82, 2.24) is 0 Å². The highest BCUT2D eigenvalue weighted by atomic mass is 79.9. The van der Waals surface area contributed by atoms with Gasteiger partial charge in [0.1, 0.15) is 0 Å². The van der Waals surface area contributed by atoms with Crippen molar-refractivity contribution in [3.05, 3.63) is 46.0 Å². The summed E-state index contributed by atoms with van der Waals surface area (Å²) in [6, 6.07) is 0. The fraction of sp³-hybridized carbons (Fsp3) is 0. The van der Waals surface area contributed by atoms with Crippen molar-refractivity contribution in [2.45, 2.75) is 0 Å². The summed E-state index contributed by atoms with van der Waals surface area (Å²) in [6.45, 7) is 0. The van der Waals surface area contributed by atoms with Gasteiger partial charge in [-0.1, -0.05) is 39.7 Å². The van der Waals surface area contributed by atoms with Crippen LogP contribution in [0.25, 0.3) is 0 Å². The van der Waals surface area contributed by atoms with Gasteiger partial charge in [-0.25, -0.2) is 0 Å². The van der Waals surface area contributed by atoms with Crippen LogP contribution in [0, 0.1) is 0 Å². The SMILES string of the molecule is ClC1=C/C=C\C(Br)=C/C=C\1. The number of hydrogen-bond acceptors (Lipinski definition) is 0. The van der Waals surface area contributed by atoms with Crippen LogP contribution in [0.4, 0.5) is 0 Å². The van der Waals surface area contributed by atoms with Gasteiger partial charge >= 0.3 is 0 Å². The first-order valence-electron chi connectivity index (χ1n) is 2.87. The Kier molecular flexibility index (Phi) is 2.97. The zero-order valence-electron chi connectivity index (χ0n) is 5.22. The van der Waals surface area contributed by atoms with Gasteiger partial charge in [-0.15, -0.1) is 0 Å². The van der Waals surface area contributed by atoms with Crippen molar-refractivity contribution in [3.63, 3.8) is 0 Å². The number of halogens is 2. The van der Waals surface area contributed by atoms with Gasteiger partial charge in [0.25, 0.3) is 0 Å². The minimum absolute atomic E-state index is 0.743. The number of allylic oxidation sites excluding steroid dienone is 8. The van der Waals surface area contributed by atoms with E-state index in [9.17, 15) is 0 Å². The molecule has 0 heterocycles. The lowest BCUT2D eigenvalue weighted by Gasteiger charge is -1.90. The van der Waals surface area contributed by atoms with E-state index in [-0.39, 0.29) is 0 Å². The van der Waals surface area contributed by atoms with Gasteiger partial charge in [0.05, 0.1) is 0 Å². The molecule has 0 aromatic heterocycles. The second-order valence-corrected chi connectivity index (χ2v) is 3.17. The highest BCUT2D eigenvalue weighted by Crippen LogP contribution is 2.12. The van der Waals surface area contributed by atoms with Gasteiger partial charge in [-0.3, -0.25) is 0 Å². The molecule has 0 aromatic carbocycles. The van der Waals surface area contributed by atoms with Crippen molar-refractivity contribution in [3.8, 4) is 0 Å². The summed E-state index contributed by atoms with van der Waals surface area (Å²) in [5.41, 5.74) is 0. The first kappa shape index (κ1) is 7.83. The highest BCUT2D eigenvalue weighted by molar-refractivity contribution is 9.11. The van der Waals surface area contributed by atoms with E-state index >= 15 is 0 Å². The van der Waals surface area contributed by atoms with Crippen molar-refractivity contribution in [2.75, 3.05) is 0 Å². The lowest BCUT2D eigenvalue weighted by atomic mass is 10.3. The summed E-state index contributed by atoms with van der Waals surface area (Å²) >= 11 is 9.06. The molecule has 0 saturated heterocycles. The quantitative estimate of drug-likeness (QED) is 0.582. The standard InChI is InChI=1S/C8H6BrCl/c9-7-3-1-5-8(10)6-2-4-7/h1-6H/b3-1-,4-2?,5-1?,6-2-,7-3?,7-4+,8-5+,8-6?. The maximum atomic E-state index is 5.72. The summed E-state index contributed by atoms with van der Waals surface area (Å²) in [7, 11) is 0. The van der Waals surface area contributed by atoms with Crippen LogP contribution in [0.3, 0.4) is 0 Å². The zero-order valence-corrected chi connectivity index (χ0v) is 7.56. The number of hydrogen-bond donors (Lipinski definition) is 0. The van der Waals surface area contributed by atoms with Crippen LogP contribution in [-0.2, 0) is 0 Å². The van der Waals surface area contributed by atoms with Crippen LogP contribution in [0.2, 0.25) is 0 Å². The first-order chi connectivity index (χ1) is 4.79. The Balaban J connectivity index is 2.84. The summed E-state index contributed by atoms with van der Waals surface area (Å²) in [6.07, 6.45) is 11.3. The minimum atomic E-state index is 0.743. The molecule has 1 aliphatic rings. The molecule has 1 aliphatic carbocycles. The largest absolute Gasteiger partial charge is 0.0843 e. The molecular weight excluding hydrogens is 211 g/mol. The Morgan fingerprint density at radius 3 is 2.60 bits per heavy atom. The third-order valence-electron chi connectivity index (χ3n) is 1.02. The molecule has 0 saturated carbocycles. The lowest BCUT2D eigenvalue weighted by Crippen LogP contribution is -1.67. The molecule has 0 aromatic rings. The van der Waals surface area contributed by atoms with E-state index in [1.165, 1.54) is 0 Å². The molecule has 0 N–H and O–H groups in total. The fourth-order valence-electron chi connectivity index (χ4n) is 0.575. The summed E-state index contributed by atoms with van der Waals surface area (Å²) in [5.74, 6) is 0. The van der Waals surface area contributed by atoms with E-state index in [1.807, 2.05) is 36.5 Å². The minimum Gasteiger partial charge on any atom is -0.0843 e. The van der Waals surface area contributed by atoms with Crippen LogP contribution >= 0.6 is 27.5 Å². The molecule has 0 radical (unpaired) electrons. The number of rotatable bonds is 0. The van der Waals surface area contributed by atoms with Crippen molar-refractivity contribution >= 4 is 27.5 Å². The van der Waals surface area contributed by atoms with Gasteiger partial charge < -0.3 is 0 Å². The molecule has 0 nitrogen and oxygen atoms in total. The van der Waals surface area contributed by atoms with Crippen molar-refractivity contribution < 1.29 is 0 Å². The molecule has 0 amide bonds. The summed E-state index contributed by atoms with van der Waals surface area (Å²) in [4.78, 5) is 0. The Labute approximate surface area is 73.7 Å². The van der Waals surface area contributed by atoms with Gasteiger partial charge in [0.2, 0.25) is 0 Å². The van der Waals surface area contributed by atoms with Crippen LogP contribution < -0.4 is 0 Å². The Morgan fingerprint density at radius 1 is 1.10 bits per heavy atom. The van der Waals surface area contributed by atoms with Crippen LogP contribution in [0.5, 0.6) is 0 Å². The van der Waals surface area contributed by atoms with E-state index in [0.29, 0.717) is 0 Å². The highest BCUT2D eigenvalue weighted by Gasteiger charge is 1.85. The summed E-state index contributed by atoms with van der Waals surface area (Å²) in [5, 5.41) is 0.743. The molecule has 0 fully saturated rings. The van der Waals surface area contributed by atoms with E-state index in [0.717, 1.165) is 9.51 Å². The molecule has 0 unspecified atom stereocenters. The van der Waals surface area contributed by atoms with Crippen molar-refractivity contribution in [2.24, 2.45) is 0 Å². The second-order valence-electron chi connectivity index (χ2n) is 1.82. The van der Waals surface area contributed by atoms with E-state index in [1.54, 1.807) is 0 Å². The molecule has 10 heavy (non-hydrogen) atoms. The van der Waals surface area contributed by atoms with Gasteiger partial charge in [0.15, 0.2) is 0 Å². The van der Waals surface area contributed by atoms with E-state index in [4.69, 9.17) is 11.6 Å². The van der Waals surface area contributed by atoms with Crippen LogP contribution in [0.15, 0.2) is 46.0 Å². The third kappa shape index (κ3) is 2.54. The normalized spacial score (nSPS) is 34.2. The first-order valence-corrected chi connectivity index (χ1v) is 4.04. The average molecular weight is 217 g/mol. The topological polar surface area (TPSA) is 0 Å². The fourth-order valence-corrected chi connectivity index (χ4v) is 1.03. The molecule has 1 rings (SSSR count). The molecule has 52 valence electrons. The predicted molar refractivity (Wildman–Crippen MR) is 49.2 cm³/mol. The predicted octanol–water partition coefficient (Wildman–Crippen LogP) is 3.51. The van der Waals surface area contributed by atoms with Gasteiger partial charge in [0, 0.05) is 9.51 Å². The van der Waals surface area contributed by atoms with Crippen LogP contribution in [-0.4, -0.2) is 0 Å². The van der Waals surface area contributed by atoms with Gasteiger partial charge in [-0.2, -0.15) is 0 Å². The molecule has 2 heteroatoms. The maximum absolute atomic E-state index is 5.72. The second kappa shape index (κ2) is 3.79. The molecular formula is C8H6BrCl. The molecule has 0 bridgehead atoms. The smallest absolute Gasteiger partial charge is 0.0405 e. The Bertz CT molecular complexity index is 208. The Morgan fingerprint density at radius 2 is 1.80 bits per heavy atom. The lowest BCUT2D eigenvalue weighted by molar-refractivity contribution is 1.75. The molecule has 0 aliphatic heterocycles. The van der Waals surface area contributed by atoms with Crippen LogP contribution in [0.1, 0.15) is 0 Å². The summed E-state index contributed by atoms with van der Waals surface area (Å²) < 4.78 is 1.05. The zero-order chi connectivity index (χ0) is 7.40. The maximum Gasteiger partial charge on any atom is 0.0405 e.